The number of benzene rings is 9. The van der Waals surface area contributed by atoms with E-state index in [1.54, 1.807) is 0 Å². The largest absolute Gasteiger partial charge is 0.300 e. The van der Waals surface area contributed by atoms with E-state index >= 15 is 0 Å². The van der Waals surface area contributed by atoms with Crippen molar-refractivity contribution in [3.8, 4) is 44.5 Å². The average molecular weight is 755 g/mol. The van der Waals surface area contributed by atoms with Gasteiger partial charge in [-0.25, -0.2) is 0 Å². The van der Waals surface area contributed by atoms with Gasteiger partial charge in [0.25, 0.3) is 0 Å². The molecule has 0 amide bonds. The Balaban J connectivity index is 1.02. The second-order valence-corrected chi connectivity index (χ2v) is 16.0. The van der Waals surface area contributed by atoms with Gasteiger partial charge in [-0.15, -0.1) is 0 Å². The number of rotatable bonds is 8. The van der Waals surface area contributed by atoms with Crippen molar-refractivity contribution in [3.05, 3.63) is 234 Å². The first-order valence-electron chi connectivity index (χ1n) is 20.3. The molecule has 0 fully saturated rings. The lowest BCUT2D eigenvalue weighted by atomic mass is 9.81. The van der Waals surface area contributed by atoms with Crippen molar-refractivity contribution in [1.82, 2.24) is 0 Å². The van der Waals surface area contributed by atoms with E-state index in [1.807, 2.05) is 73.0 Å². The van der Waals surface area contributed by atoms with Crippen LogP contribution in [0.25, 0.3) is 71.7 Å². The Labute approximate surface area is 346 Å². The van der Waals surface area contributed by atoms with Crippen LogP contribution in [0.3, 0.4) is 0 Å². The van der Waals surface area contributed by atoms with E-state index in [9.17, 15) is 5.41 Å². The van der Waals surface area contributed by atoms with Crippen molar-refractivity contribution in [3.63, 3.8) is 0 Å². The summed E-state index contributed by atoms with van der Waals surface area (Å²) in [6, 6.07) is 71.0. The number of hydrogen-bond acceptors (Lipinski definition) is 2. The monoisotopic (exact) mass is 754 g/mol. The Morgan fingerprint density at radius 3 is 1.81 bits per heavy atom. The van der Waals surface area contributed by atoms with Gasteiger partial charge in [-0.2, -0.15) is 0 Å². The predicted molar refractivity (Wildman–Crippen MR) is 251 cm³/mol. The fourth-order valence-electron chi connectivity index (χ4n) is 8.80. The minimum atomic E-state index is -0.107. The van der Waals surface area contributed by atoms with Gasteiger partial charge in [-0.3, -0.25) is 4.99 Å². The highest BCUT2D eigenvalue weighted by Gasteiger charge is 2.36. The Hall–Kier alpha value is -7.42. The van der Waals surface area contributed by atoms with Gasteiger partial charge in [-0.1, -0.05) is 190 Å². The zero-order valence-electron chi connectivity index (χ0n) is 33.2. The molecule has 9 aromatic carbocycles. The molecule has 0 bridgehead atoms. The van der Waals surface area contributed by atoms with E-state index in [0.717, 1.165) is 55.4 Å². The molecule has 59 heavy (non-hydrogen) atoms. The zero-order valence-corrected chi connectivity index (χ0v) is 33.2. The quantitative estimate of drug-likeness (QED) is 0.150. The van der Waals surface area contributed by atoms with E-state index in [-0.39, 0.29) is 5.41 Å². The van der Waals surface area contributed by atoms with Gasteiger partial charge in [-0.05, 0) is 119 Å². The fraction of sp³-hybridized carbons (Fsp3) is 0.0526. The Morgan fingerprint density at radius 2 is 1.03 bits per heavy atom. The van der Waals surface area contributed by atoms with Crippen molar-refractivity contribution >= 4 is 39.2 Å². The second-order valence-electron chi connectivity index (χ2n) is 16.0. The average Bonchev–Trinajstić information content (AvgIpc) is 3.51. The first kappa shape index (κ1) is 36.0. The number of aliphatic imine (C=N–C) groups is 1. The molecule has 0 atom stereocenters. The van der Waals surface area contributed by atoms with Gasteiger partial charge >= 0.3 is 0 Å². The third kappa shape index (κ3) is 6.69. The van der Waals surface area contributed by atoms with Gasteiger partial charge in [0.15, 0.2) is 0 Å². The van der Waals surface area contributed by atoms with Crippen LogP contribution in [-0.4, -0.2) is 11.9 Å². The highest BCUT2D eigenvalue weighted by Crippen LogP contribution is 2.51. The van der Waals surface area contributed by atoms with Crippen molar-refractivity contribution in [2.45, 2.75) is 19.3 Å². The lowest BCUT2D eigenvalue weighted by molar-refractivity contribution is 0.661. The molecule has 2 heteroatoms. The van der Waals surface area contributed by atoms with Crippen LogP contribution < -0.4 is 0 Å². The molecule has 2 nitrogen and oxygen atoms in total. The minimum absolute atomic E-state index is 0.107. The van der Waals surface area contributed by atoms with E-state index in [0.29, 0.717) is 5.71 Å². The predicted octanol–water partition coefficient (Wildman–Crippen LogP) is 14.8. The number of fused-ring (bicyclic) bond motifs is 5. The van der Waals surface area contributed by atoms with Crippen LogP contribution in [0.2, 0.25) is 0 Å². The molecule has 10 rings (SSSR count). The summed E-state index contributed by atoms with van der Waals surface area (Å²) in [5.41, 5.74) is 16.3. The van der Waals surface area contributed by atoms with Gasteiger partial charge in [0.1, 0.15) is 0 Å². The zero-order chi connectivity index (χ0) is 39.9. The molecule has 280 valence electrons. The van der Waals surface area contributed by atoms with Crippen LogP contribution in [0.5, 0.6) is 0 Å². The summed E-state index contributed by atoms with van der Waals surface area (Å²) in [6.07, 6.45) is 3.79. The highest BCUT2D eigenvalue weighted by atomic mass is 14.7. The summed E-state index contributed by atoms with van der Waals surface area (Å²) < 4.78 is 0. The molecule has 0 heterocycles. The molecule has 0 saturated carbocycles. The van der Waals surface area contributed by atoms with Crippen molar-refractivity contribution in [2.24, 2.45) is 4.99 Å². The first-order valence-corrected chi connectivity index (χ1v) is 20.3. The maximum absolute atomic E-state index is 9.25. The highest BCUT2D eigenvalue weighted by molar-refractivity contribution is 6.13. The summed E-state index contributed by atoms with van der Waals surface area (Å²) in [7, 11) is 0. The topological polar surface area (TPSA) is 36.2 Å². The fourth-order valence-corrected chi connectivity index (χ4v) is 8.80. The van der Waals surface area contributed by atoms with E-state index in [4.69, 9.17) is 4.99 Å². The maximum Gasteiger partial charge on any atom is 0.0729 e. The van der Waals surface area contributed by atoms with Crippen molar-refractivity contribution in [1.29, 1.82) is 5.41 Å². The SMILES string of the molecule is CC1(C)c2cc(-c3cccc(-c4ccc(/C(=C/C(=N)c5ccc(-c6ccccc6)cc5)N=Cc5ccccc5)c5ccccc45)c3)ccc2-c2cc3ccccc3cc21. The van der Waals surface area contributed by atoms with Crippen molar-refractivity contribution in [2.75, 3.05) is 0 Å². The van der Waals surface area contributed by atoms with Crippen LogP contribution in [0, 0.1) is 5.41 Å². The van der Waals surface area contributed by atoms with E-state index in [2.05, 4.69) is 153 Å². The summed E-state index contributed by atoms with van der Waals surface area (Å²) in [5, 5.41) is 14.0. The van der Waals surface area contributed by atoms with E-state index < -0.39 is 0 Å². The van der Waals surface area contributed by atoms with Crippen LogP contribution >= 0.6 is 0 Å². The van der Waals surface area contributed by atoms with Crippen LogP contribution in [-0.2, 0) is 5.41 Å². The third-order valence-electron chi connectivity index (χ3n) is 12.0. The molecular weight excluding hydrogens is 713 g/mol. The standard InChI is InChI=1S/C57H42N2/c1-57(2)53-35-45(28-29-50(53)52-33-43-18-9-10-19-44(43)34-54(52)57)42-20-13-21-46(32-42)47-30-31-51(49-23-12-11-22-48(47)49)56(59-37-38-14-5-3-6-15-38)36-55(58)41-26-24-40(25-27-41)39-16-7-4-8-17-39/h3-37,58H,1-2H3/b56-36-,58-55?,59-37?. The van der Waals surface area contributed by atoms with Crippen LogP contribution in [0.4, 0.5) is 0 Å². The van der Waals surface area contributed by atoms with Gasteiger partial charge in [0, 0.05) is 17.2 Å². The number of nitrogens with zero attached hydrogens (tertiary/aromatic N) is 1. The smallest absolute Gasteiger partial charge is 0.0729 e. The van der Waals surface area contributed by atoms with Crippen LogP contribution in [0.1, 0.15) is 41.7 Å². The van der Waals surface area contributed by atoms with Gasteiger partial charge < -0.3 is 5.41 Å². The third-order valence-corrected chi connectivity index (χ3v) is 12.0. The first-order chi connectivity index (χ1) is 28.9. The number of hydrogen-bond donors (Lipinski definition) is 1. The summed E-state index contributed by atoms with van der Waals surface area (Å²) >= 11 is 0. The van der Waals surface area contributed by atoms with Crippen LogP contribution in [0.15, 0.2) is 211 Å². The normalized spacial score (nSPS) is 13.2. The lowest BCUT2D eigenvalue weighted by Crippen LogP contribution is -2.15. The Kier molecular flexibility index (Phi) is 9.03. The molecule has 1 aliphatic rings. The number of nitrogens with one attached hydrogen (secondary N) is 1. The van der Waals surface area contributed by atoms with Gasteiger partial charge in [0.2, 0.25) is 0 Å². The molecule has 0 spiro atoms. The molecule has 0 aromatic heterocycles. The van der Waals surface area contributed by atoms with Gasteiger partial charge in [0.05, 0.1) is 11.4 Å². The molecule has 1 aliphatic carbocycles. The summed E-state index contributed by atoms with van der Waals surface area (Å²) in [4.78, 5) is 5.07. The van der Waals surface area contributed by atoms with E-state index in [1.165, 1.54) is 44.2 Å². The Bertz CT molecular complexity index is 3110. The Morgan fingerprint density at radius 1 is 0.458 bits per heavy atom. The summed E-state index contributed by atoms with van der Waals surface area (Å²) in [6.45, 7) is 4.71. The minimum Gasteiger partial charge on any atom is -0.300 e. The molecule has 1 N–H and O–H groups in total. The molecule has 0 unspecified atom stereocenters. The maximum atomic E-state index is 9.25. The second kappa shape index (κ2) is 14.8. The van der Waals surface area contributed by atoms with Crippen molar-refractivity contribution < 1.29 is 0 Å². The molecule has 0 saturated heterocycles. The lowest BCUT2D eigenvalue weighted by Gasteiger charge is -2.22. The molecule has 9 aromatic rings. The molecule has 0 aliphatic heterocycles. The summed E-state index contributed by atoms with van der Waals surface area (Å²) in [5.74, 6) is 0. The number of allylic oxidation sites excluding steroid dienone is 1. The molecular formula is C57H42N2. The molecule has 0 radical (unpaired) electrons.